The summed E-state index contributed by atoms with van der Waals surface area (Å²) < 4.78 is 2.03. The zero-order valence-corrected chi connectivity index (χ0v) is 13.0. The van der Waals surface area contributed by atoms with E-state index < -0.39 is 23.5 Å². The number of hydrogen-bond acceptors (Lipinski definition) is 3. The van der Waals surface area contributed by atoms with E-state index in [0.717, 1.165) is 23.4 Å². The normalized spacial score (nSPS) is 9.94. The molecule has 0 unspecified atom stereocenters. The fraction of sp³-hybridized carbons (Fsp3) is 0.750. The number of aliphatic carboxylic acids is 1. The number of ketones is 2. The van der Waals surface area contributed by atoms with Crippen molar-refractivity contribution < 1.29 is 19.5 Å². The molecule has 0 spiro atoms. The third-order valence-electron chi connectivity index (χ3n) is 2.00. The Morgan fingerprint density at radius 3 is 1.18 bits per heavy atom. The lowest BCUT2D eigenvalue weighted by atomic mass is 10.0. The average Bonchev–Trinajstić information content (AvgIpc) is 1.97. The zero-order chi connectivity index (χ0) is 14.2. The van der Waals surface area contributed by atoms with Gasteiger partial charge in [-0.05, 0) is 13.8 Å². The van der Waals surface area contributed by atoms with Crippen LogP contribution in [0.4, 0.5) is 0 Å². The van der Waals surface area contributed by atoms with Crippen LogP contribution in [0.3, 0.4) is 0 Å². The predicted octanol–water partition coefficient (Wildman–Crippen LogP) is 1.94. The van der Waals surface area contributed by atoms with Crippen LogP contribution >= 0.6 is 0 Å². The van der Waals surface area contributed by atoms with Gasteiger partial charge in [0.15, 0.2) is 17.5 Å². The highest BCUT2D eigenvalue weighted by Crippen LogP contribution is 2.07. The predicted molar refractivity (Wildman–Crippen MR) is 69.8 cm³/mol. The lowest BCUT2D eigenvalue weighted by Crippen LogP contribution is -2.27. The molecule has 4 nitrogen and oxygen atoms in total. The molecule has 0 heterocycles. The van der Waals surface area contributed by atoms with Gasteiger partial charge in [0.05, 0.1) is 0 Å². The Bertz CT molecular complexity index is 232. The van der Waals surface area contributed by atoms with Gasteiger partial charge in [0, 0.05) is 0 Å². The van der Waals surface area contributed by atoms with E-state index in [4.69, 9.17) is 5.11 Å². The topological polar surface area (TPSA) is 71.4 Å². The summed E-state index contributed by atoms with van der Waals surface area (Å²) in [6, 6.07) is 0. The maximum absolute atomic E-state index is 10.4. The Morgan fingerprint density at radius 1 is 0.882 bits per heavy atom. The van der Waals surface area contributed by atoms with Gasteiger partial charge in [-0.25, -0.2) is 0 Å². The fourth-order valence-corrected chi connectivity index (χ4v) is 3.46. The van der Waals surface area contributed by atoms with Crippen LogP contribution in [0.5, 0.6) is 0 Å². The molecule has 17 heavy (non-hydrogen) atoms. The maximum Gasteiger partial charge on any atom is 0.321 e. The van der Waals surface area contributed by atoms with Crippen LogP contribution in [-0.2, 0) is 14.4 Å². The van der Waals surface area contributed by atoms with Gasteiger partial charge in [-0.1, -0.05) is 37.3 Å². The number of carbonyl (C=O) groups excluding carboxylic acids is 2. The largest absolute Gasteiger partial charge is 0.480 e. The molecule has 0 aliphatic heterocycles. The van der Waals surface area contributed by atoms with Gasteiger partial charge in [0.1, 0.15) is 0 Å². The zero-order valence-electron chi connectivity index (χ0n) is 11.6. The number of rotatable bonds is 5. The quantitative estimate of drug-likeness (QED) is 0.604. The fourth-order valence-electron chi connectivity index (χ4n) is 1.58. The van der Waals surface area contributed by atoms with Gasteiger partial charge in [-0.15, -0.1) is 0 Å². The van der Waals surface area contributed by atoms with Gasteiger partial charge in [-0.3, -0.25) is 14.4 Å². The van der Waals surface area contributed by atoms with Crippen molar-refractivity contribution in [2.24, 2.45) is 5.92 Å². The highest BCUT2D eigenvalue weighted by molar-refractivity contribution is 6.38. The van der Waals surface area contributed by atoms with Crippen LogP contribution in [-0.4, -0.2) is 37.9 Å². The molecule has 0 fully saturated rings. The smallest absolute Gasteiger partial charge is 0.321 e. The molecular weight excluding hydrogens is 235 g/mol. The molecule has 0 atom stereocenters. The molecule has 0 aromatic heterocycles. The van der Waals surface area contributed by atoms with E-state index in [0.29, 0.717) is 0 Å². The van der Waals surface area contributed by atoms with Gasteiger partial charge in [-0.2, -0.15) is 0 Å². The summed E-state index contributed by atoms with van der Waals surface area (Å²) in [5, 5.41) is 8.27. The molecule has 98 valence electrons. The van der Waals surface area contributed by atoms with Gasteiger partial charge >= 0.3 is 5.97 Å². The molecule has 0 aliphatic carbocycles. The van der Waals surface area contributed by atoms with Crippen LogP contribution in [0.25, 0.3) is 0 Å². The Morgan fingerprint density at radius 2 is 1.18 bits per heavy atom. The highest BCUT2D eigenvalue weighted by atomic mass is 27.1. The van der Waals surface area contributed by atoms with Crippen LogP contribution in [0.15, 0.2) is 0 Å². The van der Waals surface area contributed by atoms with Crippen LogP contribution < -0.4 is 0 Å². The minimum absolute atomic E-state index is 0.281. The van der Waals surface area contributed by atoms with E-state index in [1.807, 2.05) is 0 Å². The van der Waals surface area contributed by atoms with Crippen molar-refractivity contribution in [1.82, 2.24) is 0 Å². The Kier molecular flexibility index (Phi) is 10.3. The molecule has 0 saturated heterocycles. The number of Topliss-reactive ketones (excluding diaryl/α,β-unsaturated/α-hetero) is 2. The minimum atomic E-state index is -1.47. The molecule has 0 amide bonds. The SMILES string of the molecule is CC(=O)C(C(C)=O)C(=O)O.C[CH](C)[AlH][CH](C)C. The molecular formula is C12H23AlO4. The molecule has 1 N–H and O–H groups in total. The lowest BCUT2D eigenvalue weighted by molar-refractivity contribution is -0.149. The monoisotopic (exact) mass is 258 g/mol. The van der Waals surface area contributed by atoms with E-state index in [-0.39, 0.29) is 15.2 Å². The lowest BCUT2D eigenvalue weighted by Gasteiger charge is -2.01. The third-order valence-corrected chi connectivity index (χ3v) is 3.89. The molecule has 0 saturated carbocycles. The highest BCUT2D eigenvalue weighted by Gasteiger charge is 2.26. The number of hydrogen-bond donors (Lipinski definition) is 1. The Balaban J connectivity index is 0. The molecule has 0 bridgehead atoms. The molecule has 0 rings (SSSR count). The standard InChI is InChI=1S/C6H8O4.2C3H7.Al.H/c1-3(7)5(4(2)8)6(9)10;2*1-3-2;;/h5H,1-2H3,(H,9,10);2*3H,1-2H3;;. The van der Waals surface area contributed by atoms with Crippen molar-refractivity contribution in [1.29, 1.82) is 0 Å². The number of carbonyl (C=O) groups is 3. The second-order valence-corrected chi connectivity index (χ2v) is 8.75. The minimum Gasteiger partial charge on any atom is -0.480 e. The number of carboxylic acid groups (broad SMARTS) is 1. The van der Waals surface area contributed by atoms with E-state index in [2.05, 4.69) is 27.7 Å². The molecule has 0 aromatic rings. The third kappa shape index (κ3) is 11.6. The first-order chi connectivity index (χ1) is 7.59. The summed E-state index contributed by atoms with van der Waals surface area (Å²) in [7, 11) is 0. The summed E-state index contributed by atoms with van der Waals surface area (Å²) >= 11 is 0.281. The molecule has 0 aromatic carbocycles. The van der Waals surface area contributed by atoms with Gasteiger partial charge in [0.2, 0.25) is 15.2 Å². The first-order valence-corrected chi connectivity index (χ1v) is 7.46. The summed E-state index contributed by atoms with van der Waals surface area (Å²) in [5.74, 6) is -4.10. The first kappa shape index (κ1) is 18.7. The van der Waals surface area contributed by atoms with Crippen molar-refractivity contribution >= 4 is 32.8 Å². The number of carboxylic acids is 1. The van der Waals surface area contributed by atoms with Crippen LogP contribution in [0, 0.1) is 5.92 Å². The summed E-state index contributed by atoms with van der Waals surface area (Å²) in [5.41, 5.74) is 0. The Hall–Kier alpha value is -0.658. The summed E-state index contributed by atoms with van der Waals surface area (Å²) in [6.07, 6.45) is 0. The van der Waals surface area contributed by atoms with E-state index in [1.165, 1.54) is 0 Å². The second-order valence-electron chi connectivity index (χ2n) is 5.02. The molecule has 5 heteroatoms. The van der Waals surface area contributed by atoms with Crippen molar-refractivity contribution in [2.45, 2.75) is 51.1 Å². The first-order valence-electron chi connectivity index (χ1n) is 5.83. The second kappa shape index (κ2) is 9.38. The maximum atomic E-state index is 10.4. The van der Waals surface area contributed by atoms with Gasteiger partial charge < -0.3 is 5.11 Å². The summed E-state index contributed by atoms with van der Waals surface area (Å²) in [4.78, 5) is 31.0. The van der Waals surface area contributed by atoms with Crippen LogP contribution in [0.1, 0.15) is 41.5 Å². The Labute approximate surface area is 109 Å². The van der Waals surface area contributed by atoms with Crippen molar-refractivity contribution in [3.05, 3.63) is 0 Å². The molecule has 0 aliphatic rings. The molecule has 0 radical (unpaired) electrons. The van der Waals surface area contributed by atoms with E-state index >= 15 is 0 Å². The van der Waals surface area contributed by atoms with Crippen LogP contribution in [0.2, 0.25) is 9.56 Å². The summed E-state index contributed by atoms with van der Waals surface area (Å²) in [6.45, 7) is 11.5. The van der Waals surface area contributed by atoms with Gasteiger partial charge in [0.25, 0.3) is 0 Å². The average molecular weight is 258 g/mol. The van der Waals surface area contributed by atoms with Crippen molar-refractivity contribution in [3.63, 3.8) is 0 Å². The van der Waals surface area contributed by atoms with Crippen molar-refractivity contribution in [2.75, 3.05) is 0 Å². The van der Waals surface area contributed by atoms with E-state index in [1.54, 1.807) is 0 Å². The van der Waals surface area contributed by atoms with Crippen molar-refractivity contribution in [3.8, 4) is 0 Å². The van der Waals surface area contributed by atoms with E-state index in [9.17, 15) is 14.4 Å².